The van der Waals surface area contributed by atoms with Crippen LogP contribution in [0.4, 0.5) is 13.2 Å². The molecule has 6 heteroatoms. The third-order valence-electron chi connectivity index (χ3n) is 7.74. The summed E-state index contributed by atoms with van der Waals surface area (Å²) in [6.45, 7) is 0.651. The Bertz CT molecular complexity index is 1460. The highest BCUT2D eigenvalue weighted by Gasteiger charge is 2.35. The molecule has 1 nitrogen and oxygen atoms in total. The molecule has 0 amide bonds. The molecule has 6 rings (SSSR count). The molecule has 0 atom stereocenters. The molecule has 0 bridgehead atoms. The van der Waals surface area contributed by atoms with E-state index in [1.54, 1.807) is 23.5 Å². The van der Waals surface area contributed by atoms with Crippen molar-refractivity contribution in [1.82, 2.24) is 0 Å². The molecule has 200 valence electrons. The van der Waals surface area contributed by atoms with Gasteiger partial charge in [0.25, 0.3) is 0 Å². The summed E-state index contributed by atoms with van der Waals surface area (Å²) in [4.78, 5) is 4.35. The Hall–Kier alpha value is -2.67. The molecule has 1 heterocycles. The molecule has 1 aliphatic carbocycles. The number of hydrogen-bond donors (Lipinski definition) is 0. The van der Waals surface area contributed by atoms with Gasteiger partial charge in [0.15, 0.2) is 0 Å². The molecule has 1 saturated carbocycles. The van der Waals surface area contributed by atoms with Crippen LogP contribution >= 0.6 is 23.5 Å². The van der Waals surface area contributed by atoms with Crippen molar-refractivity contribution in [3.8, 4) is 11.1 Å². The zero-order chi connectivity index (χ0) is 26.9. The SMILES string of the molecule is FC(F)(F)c1cc(COCC2(c3ccccc3)CCCCC2)cc(-c2cccc3c2Sc2ccccc2S3)c1. The Morgan fingerprint density at radius 2 is 1.41 bits per heavy atom. The number of alkyl halides is 3. The van der Waals surface area contributed by atoms with Crippen molar-refractivity contribution in [3.63, 3.8) is 0 Å². The summed E-state index contributed by atoms with van der Waals surface area (Å²) in [6, 6.07) is 28.9. The molecular formula is C33H29F3OS2. The topological polar surface area (TPSA) is 9.23 Å². The van der Waals surface area contributed by atoms with Crippen LogP contribution in [0.5, 0.6) is 0 Å². The molecule has 0 N–H and O–H groups in total. The first kappa shape index (κ1) is 26.5. The number of hydrogen-bond acceptors (Lipinski definition) is 3. The lowest BCUT2D eigenvalue weighted by Gasteiger charge is -2.37. The molecule has 0 radical (unpaired) electrons. The lowest BCUT2D eigenvalue weighted by Crippen LogP contribution is -2.34. The van der Waals surface area contributed by atoms with Crippen LogP contribution in [0.2, 0.25) is 0 Å². The van der Waals surface area contributed by atoms with Crippen molar-refractivity contribution in [1.29, 1.82) is 0 Å². The van der Waals surface area contributed by atoms with Crippen LogP contribution in [0, 0.1) is 0 Å². The predicted molar refractivity (Wildman–Crippen MR) is 152 cm³/mol. The lowest BCUT2D eigenvalue weighted by molar-refractivity contribution is -0.137. The van der Waals surface area contributed by atoms with Crippen molar-refractivity contribution >= 4 is 23.5 Å². The monoisotopic (exact) mass is 562 g/mol. The second-order valence-corrected chi connectivity index (χ2v) is 12.5. The van der Waals surface area contributed by atoms with Crippen LogP contribution in [0.25, 0.3) is 11.1 Å². The zero-order valence-electron chi connectivity index (χ0n) is 21.5. The Morgan fingerprint density at radius 1 is 0.718 bits per heavy atom. The fraction of sp³-hybridized carbons (Fsp3) is 0.273. The van der Waals surface area contributed by atoms with E-state index in [1.165, 1.54) is 29.0 Å². The molecule has 39 heavy (non-hydrogen) atoms. The highest BCUT2D eigenvalue weighted by atomic mass is 32.2. The van der Waals surface area contributed by atoms with E-state index >= 15 is 0 Å². The van der Waals surface area contributed by atoms with Gasteiger partial charge >= 0.3 is 6.18 Å². The van der Waals surface area contributed by atoms with E-state index in [1.807, 2.05) is 42.5 Å². The number of rotatable bonds is 6. The van der Waals surface area contributed by atoms with Crippen LogP contribution in [0.15, 0.2) is 111 Å². The normalized spacial score (nSPS) is 16.4. The summed E-state index contributed by atoms with van der Waals surface area (Å²) >= 11 is 3.29. The number of halogens is 3. The van der Waals surface area contributed by atoms with Crippen LogP contribution in [0.3, 0.4) is 0 Å². The Morgan fingerprint density at radius 3 is 2.15 bits per heavy atom. The van der Waals surface area contributed by atoms with Gasteiger partial charge in [-0.15, -0.1) is 0 Å². The van der Waals surface area contributed by atoms with Gasteiger partial charge < -0.3 is 4.74 Å². The minimum Gasteiger partial charge on any atom is -0.376 e. The highest BCUT2D eigenvalue weighted by molar-refractivity contribution is 8.05. The first-order valence-electron chi connectivity index (χ1n) is 13.3. The molecule has 0 saturated heterocycles. The van der Waals surface area contributed by atoms with Gasteiger partial charge in [-0.3, -0.25) is 0 Å². The first-order chi connectivity index (χ1) is 18.9. The Balaban J connectivity index is 1.30. The van der Waals surface area contributed by atoms with Crippen molar-refractivity contribution in [3.05, 3.63) is 108 Å². The van der Waals surface area contributed by atoms with Gasteiger partial charge in [-0.05, 0) is 71.5 Å². The van der Waals surface area contributed by atoms with Gasteiger partial charge in [-0.2, -0.15) is 13.2 Å². The third-order valence-corrected chi connectivity index (χ3v) is 10.3. The number of ether oxygens (including phenoxy) is 1. The fourth-order valence-corrected chi connectivity index (χ4v) is 8.17. The maximum absolute atomic E-state index is 14.0. The van der Waals surface area contributed by atoms with Crippen LogP contribution in [-0.2, 0) is 22.9 Å². The summed E-state index contributed by atoms with van der Waals surface area (Å²) in [7, 11) is 0. The maximum atomic E-state index is 14.0. The maximum Gasteiger partial charge on any atom is 0.416 e. The smallest absolute Gasteiger partial charge is 0.376 e. The van der Waals surface area contributed by atoms with E-state index in [0.29, 0.717) is 17.7 Å². The second-order valence-electron chi connectivity index (χ2n) is 10.4. The summed E-state index contributed by atoms with van der Waals surface area (Å²) in [5.41, 5.74) is 2.48. The van der Waals surface area contributed by atoms with Crippen LogP contribution in [0.1, 0.15) is 48.8 Å². The van der Waals surface area contributed by atoms with Gasteiger partial charge in [0.1, 0.15) is 0 Å². The van der Waals surface area contributed by atoms with Gasteiger partial charge in [0, 0.05) is 25.0 Å². The first-order valence-corrected chi connectivity index (χ1v) is 15.0. The van der Waals surface area contributed by atoms with Crippen molar-refractivity contribution < 1.29 is 17.9 Å². The summed E-state index contributed by atoms with van der Waals surface area (Å²) < 4.78 is 48.4. The van der Waals surface area contributed by atoms with E-state index in [2.05, 4.69) is 36.4 Å². The molecule has 2 aliphatic rings. The van der Waals surface area contributed by atoms with E-state index < -0.39 is 11.7 Å². The van der Waals surface area contributed by atoms with Gasteiger partial charge in [-0.25, -0.2) is 0 Å². The molecule has 4 aromatic carbocycles. The van der Waals surface area contributed by atoms with Gasteiger partial charge in [0.05, 0.1) is 18.8 Å². The predicted octanol–water partition coefficient (Wildman–Crippen LogP) is 10.4. The molecule has 1 aliphatic heterocycles. The fourth-order valence-electron chi connectivity index (χ4n) is 5.77. The standard InChI is InChI=1S/C33H29F3OS2/c34-33(35,36)26-19-23(21-37-22-32(16-7-2-8-17-32)25-10-3-1-4-11-25)18-24(20-26)27-12-9-15-30-31(27)39-29-14-6-5-13-28(29)38-30/h1,3-6,9-15,18-20H,2,7-8,16-17,21-22H2. The van der Waals surface area contributed by atoms with Crippen molar-refractivity contribution in [2.45, 2.75) is 69.9 Å². The average Bonchev–Trinajstić information content (AvgIpc) is 2.96. The molecule has 1 fully saturated rings. The molecule has 0 aromatic heterocycles. The minimum absolute atomic E-state index is 0.0796. The summed E-state index contributed by atoms with van der Waals surface area (Å²) in [6.07, 6.45) is 1.14. The van der Waals surface area contributed by atoms with E-state index in [-0.39, 0.29) is 12.0 Å². The number of fused-ring (bicyclic) bond motifs is 2. The Kier molecular flexibility index (Phi) is 7.54. The largest absolute Gasteiger partial charge is 0.416 e. The van der Waals surface area contributed by atoms with E-state index in [0.717, 1.165) is 45.9 Å². The van der Waals surface area contributed by atoms with Crippen molar-refractivity contribution in [2.75, 3.05) is 6.61 Å². The lowest BCUT2D eigenvalue weighted by atomic mass is 9.70. The molecule has 0 unspecified atom stereocenters. The van der Waals surface area contributed by atoms with Crippen molar-refractivity contribution in [2.24, 2.45) is 0 Å². The second kappa shape index (κ2) is 11.1. The van der Waals surface area contributed by atoms with Crippen LogP contribution < -0.4 is 0 Å². The summed E-state index contributed by atoms with van der Waals surface area (Å²) in [5, 5.41) is 0. The molecule has 4 aromatic rings. The van der Waals surface area contributed by atoms with Gasteiger partial charge in [-0.1, -0.05) is 97.4 Å². The third kappa shape index (κ3) is 5.65. The highest BCUT2D eigenvalue weighted by Crippen LogP contribution is 2.52. The Labute approximate surface area is 236 Å². The number of benzene rings is 4. The molecular weight excluding hydrogens is 533 g/mol. The zero-order valence-corrected chi connectivity index (χ0v) is 23.1. The minimum atomic E-state index is -4.44. The van der Waals surface area contributed by atoms with Crippen LogP contribution in [-0.4, -0.2) is 6.61 Å². The molecule has 0 spiro atoms. The summed E-state index contributed by atoms with van der Waals surface area (Å²) in [5.74, 6) is 0. The quantitative estimate of drug-likeness (QED) is 0.204. The van der Waals surface area contributed by atoms with Gasteiger partial charge in [0.2, 0.25) is 0 Å². The van der Waals surface area contributed by atoms with E-state index in [4.69, 9.17) is 4.74 Å². The van der Waals surface area contributed by atoms with E-state index in [9.17, 15) is 13.2 Å². The average molecular weight is 563 g/mol.